The van der Waals surface area contributed by atoms with Gasteiger partial charge in [0.1, 0.15) is 11.5 Å². The highest BCUT2D eigenvalue weighted by atomic mass is 19.1. The maximum Gasteiger partial charge on any atom is 0.157 e. The van der Waals surface area contributed by atoms with Crippen molar-refractivity contribution < 1.29 is 4.39 Å². The second kappa shape index (κ2) is 10.2. The Morgan fingerprint density at radius 2 is 1.86 bits per heavy atom. The Hall–Kier alpha value is -4.23. The molecule has 7 heteroatoms. The number of hydrogen-bond acceptors (Lipinski definition) is 5. The minimum Gasteiger partial charge on any atom is -0.337 e. The van der Waals surface area contributed by atoms with Crippen molar-refractivity contribution >= 4 is 16.7 Å². The van der Waals surface area contributed by atoms with Crippen LogP contribution in [0.25, 0.3) is 33.3 Å². The third-order valence-electron chi connectivity index (χ3n) is 6.16. The van der Waals surface area contributed by atoms with E-state index in [-0.39, 0.29) is 5.82 Å². The fourth-order valence-electron chi connectivity index (χ4n) is 4.25. The lowest BCUT2D eigenvalue weighted by molar-refractivity contribution is 0.628. The monoisotopic (exact) mass is 478 g/mol. The third-order valence-corrected chi connectivity index (χ3v) is 6.16. The highest BCUT2D eigenvalue weighted by molar-refractivity contribution is 6.13. The molecule has 0 aliphatic carbocycles. The van der Waals surface area contributed by atoms with Crippen molar-refractivity contribution in [1.29, 1.82) is 0 Å². The Morgan fingerprint density at radius 3 is 2.67 bits per heavy atom. The van der Waals surface area contributed by atoms with E-state index in [2.05, 4.69) is 33.3 Å². The van der Waals surface area contributed by atoms with Crippen LogP contribution in [0.3, 0.4) is 0 Å². The summed E-state index contributed by atoms with van der Waals surface area (Å²) in [4.78, 5) is 22.3. The lowest BCUT2D eigenvalue weighted by Crippen LogP contribution is -2.17. The van der Waals surface area contributed by atoms with Crippen molar-refractivity contribution in [3.8, 4) is 22.3 Å². The topological polar surface area (TPSA) is 78.9 Å². The Bertz CT molecular complexity index is 1570. The normalized spacial score (nSPS) is 11.8. The highest BCUT2D eigenvalue weighted by Gasteiger charge is 2.18. The molecule has 0 saturated carbocycles. The van der Waals surface area contributed by atoms with Gasteiger partial charge < -0.3 is 4.98 Å². The standard InChI is InChI=1S/C29H27FN6/c1-4-31-17-34-28(24-14-21(15-33-19(24)3)25-16-32-12-11-18(25)2)29-35-26-10-6-9-23(27(26)36-29)20-7-5-8-22(30)13-20/h5-16,31H,4,17H2,1-3H3,(H,35,36). The van der Waals surface area contributed by atoms with E-state index in [9.17, 15) is 4.39 Å². The smallest absolute Gasteiger partial charge is 0.157 e. The molecule has 2 N–H and O–H groups in total. The number of aliphatic imine (C=N–C) groups is 1. The molecular formula is C29H27FN6. The van der Waals surface area contributed by atoms with Gasteiger partial charge in [0, 0.05) is 46.5 Å². The number of halogens is 1. The molecule has 6 nitrogen and oxygen atoms in total. The molecule has 0 unspecified atom stereocenters. The number of H-pyrrole nitrogens is 1. The Kier molecular flexibility index (Phi) is 6.64. The van der Waals surface area contributed by atoms with Gasteiger partial charge in [-0.15, -0.1) is 0 Å². The van der Waals surface area contributed by atoms with Crippen molar-refractivity contribution in [3.05, 3.63) is 102 Å². The van der Waals surface area contributed by atoms with Crippen molar-refractivity contribution in [2.75, 3.05) is 13.2 Å². The predicted molar refractivity (Wildman–Crippen MR) is 143 cm³/mol. The first-order valence-electron chi connectivity index (χ1n) is 11.9. The number of fused-ring (bicyclic) bond motifs is 1. The van der Waals surface area contributed by atoms with Gasteiger partial charge in [0.05, 0.1) is 17.7 Å². The van der Waals surface area contributed by atoms with Crippen molar-refractivity contribution in [3.63, 3.8) is 0 Å². The van der Waals surface area contributed by atoms with Crippen LogP contribution in [0.1, 0.15) is 29.6 Å². The summed E-state index contributed by atoms with van der Waals surface area (Å²) < 4.78 is 14.0. The van der Waals surface area contributed by atoms with Crippen LogP contribution in [0, 0.1) is 19.7 Å². The largest absolute Gasteiger partial charge is 0.337 e. The van der Waals surface area contributed by atoms with Gasteiger partial charge in [-0.25, -0.2) is 9.37 Å². The Labute approximate surface area is 209 Å². The molecule has 0 fully saturated rings. The maximum absolute atomic E-state index is 14.0. The van der Waals surface area contributed by atoms with Crippen molar-refractivity contribution in [1.82, 2.24) is 25.3 Å². The van der Waals surface area contributed by atoms with Crippen molar-refractivity contribution in [2.45, 2.75) is 20.8 Å². The quantitative estimate of drug-likeness (QED) is 0.227. The minimum absolute atomic E-state index is 0.280. The first-order chi connectivity index (χ1) is 17.5. The van der Waals surface area contributed by atoms with Crippen molar-refractivity contribution in [2.24, 2.45) is 4.99 Å². The summed E-state index contributed by atoms with van der Waals surface area (Å²) in [6, 6.07) is 16.5. The second-order valence-electron chi connectivity index (χ2n) is 8.61. The molecular weight excluding hydrogens is 451 g/mol. The summed E-state index contributed by atoms with van der Waals surface area (Å²) in [6.45, 7) is 7.31. The van der Waals surface area contributed by atoms with E-state index < -0.39 is 0 Å². The molecule has 180 valence electrons. The molecule has 3 heterocycles. The zero-order valence-corrected chi connectivity index (χ0v) is 20.5. The summed E-state index contributed by atoms with van der Waals surface area (Å²) in [7, 11) is 0. The van der Waals surface area contributed by atoms with Crippen LogP contribution in [-0.2, 0) is 0 Å². The van der Waals surface area contributed by atoms with Gasteiger partial charge in [0.25, 0.3) is 0 Å². The third kappa shape index (κ3) is 4.65. The SMILES string of the molecule is CCNCN=C(c1nc2c(-c3cccc(F)c3)cccc2[nH]1)c1cc(-c2cnccc2C)cnc1C. The fraction of sp³-hybridized carbons (Fsp3) is 0.172. The Balaban J connectivity index is 1.66. The Morgan fingerprint density at radius 1 is 1.00 bits per heavy atom. The molecule has 0 aliphatic heterocycles. The van der Waals surface area contributed by atoms with E-state index in [1.165, 1.54) is 12.1 Å². The van der Waals surface area contributed by atoms with Crippen LogP contribution >= 0.6 is 0 Å². The number of nitrogens with one attached hydrogen (secondary N) is 2. The van der Waals surface area contributed by atoms with Crippen LogP contribution in [0.15, 0.2) is 78.2 Å². The van der Waals surface area contributed by atoms with E-state index in [1.54, 1.807) is 12.3 Å². The summed E-state index contributed by atoms with van der Waals surface area (Å²) in [5.41, 5.74) is 8.81. The average Bonchev–Trinajstić information content (AvgIpc) is 3.32. The van der Waals surface area contributed by atoms with Gasteiger partial charge in [0.15, 0.2) is 5.82 Å². The van der Waals surface area contributed by atoms with Gasteiger partial charge in [-0.05, 0) is 61.9 Å². The molecule has 2 aromatic carbocycles. The molecule has 5 aromatic rings. The average molecular weight is 479 g/mol. The first-order valence-corrected chi connectivity index (χ1v) is 11.9. The van der Waals surface area contributed by atoms with Crippen LogP contribution in [-0.4, -0.2) is 38.9 Å². The van der Waals surface area contributed by atoms with Gasteiger partial charge >= 0.3 is 0 Å². The molecule has 3 aromatic heterocycles. The molecule has 0 amide bonds. The molecule has 0 aliphatic rings. The number of imidazole rings is 1. The van der Waals surface area contributed by atoms with E-state index in [1.807, 2.05) is 56.6 Å². The molecule has 0 saturated heterocycles. The number of aryl methyl sites for hydroxylation is 2. The zero-order chi connectivity index (χ0) is 25.1. The molecule has 0 bridgehead atoms. The molecule has 0 radical (unpaired) electrons. The molecule has 0 atom stereocenters. The lowest BCUT2D eigenvalue weighted by Gasteiger charge is -2.11. The predicted octanol–water partition coefficient (Wildman–Crippen LogP) is 5.85. The van der Waals surface area contributed by atoms with Crippen LogP contribution in [0.4, 0.5) is 4.39 Å². The van der Waals surface area contributed by atoms with Gasteiger partial charge in [-0.2, -0.15) is 0 Å². The van der Waals surface area contributed by atoms with Gasteiger partial charge in [-0.1, -0.05) is 31.2 Å². The number of para-hydroxylation sites is 1. The highest BCUT2D eigenvalue weighted by Crippen LogP contribution is 2.29. The summed E-state index contributed by atoms with van der Waals surface area (Å²) in [5.74, 6) is 0.356. The number of aromatic nitrogens is 4. The number of aromatic amines is 1. The fourth-order valence-corrected chi connectivity index (χ4v) is 4.25. The van der Waals surface area contributed by atoms with E-state index in [4.69, 9.17) is 9.98 Å². The van der Waals surface area contributed by atoms with Crippen LogP contribution in [0.5, 0.6) is 0 Å². The van der Waals surface area contributed by atoms with E-state index >= 15 is 0 Å². The maximum atomic E-state index is 14.0. The molecule has 36 heavy (non-hydrogen) atoms. The number of rotatable bonds is 7. The van der Waals surface area contributed by atoms with E-state index in [0.29, 0.717) is 18.2 Å². The molecule has 5 rings (SSSR count). The number of benzene rings is 2. The van der Waals surface area contributed by atoms with Crippen LogP contribution in [0.2, 0.25) is 0 Å². The summed E-state index contributed by atoms with van der Waals surface area (Å²) in [5, 5.41) is 3.27. The number of nitrogens with zero attached hydrogens (tertiary/aromatic N) is 4. The second-order valence-corrected chi connectivity index (χ2v) is 8.61. The number of hydrogen-bond donors (Lipinski definition) is 2. The lowest BCUT2D eigenvalue weighted by atomic mass is 10.00. The van der Waals surface area contributed by atoms with Gasteiger partial charge in [-0.3, -0.25) is 20.3 Å². The van der Waals surface area contributed by atoms with E-state index in [0.717, 1.165) is 56.7 Å². The van der Waals surface area contributed by atoms with Gasteiger partial charge in [0.2, 0.25) is 0 Å². The van der Waals surface area contributed by atoms with Crippen LogP contribution < -0.4 is 5.32 Å². The zero-order valence-electron chi connectivity index (χ0n) is 20.5. The summed E-state index contributed by atoms with van der Waals surface area (Å²) >= 11 is 0. The first kappa shape index (κ1) is 23.5. The number of pyridine rings is 2. The molecule has 0 spiro atoms. The minimum atomic E-state index is -0.280. The summed E-state index contributed by atoms with van der Waals surface area (Å²) in [6.07, 6.45) is 5.51.